The van der Waals surface area contributed by atoms with E-state index in [1.165, 1.54) is 24.8 Å². The van der Waals surface area contributed by atoms with Crippen LogP contribution in [0.2, 0.25) is 0 Å². The fourth-order valence-electron chi connectivity index (χ4n) is 4.63. The van der Waals surface area contributed by atoms with Crippen molar-refractivity contribution in [2.45, 2.75) is 62.9 Å². The van der Waals surface area contributed by atoms with Gasteiger partial charge in [-0.05, 0) is 17.5 Å². The van der Waals surface area contributed by atoms with Gasteiger partial charge >= 0.3 is 0 Å². The van der Waals surface area contributed by atoms with Crippen molar-refractivity contribution in [2.75, 3.05) is 0 Å². The van der Waals surface area contributed by atoms with Gasteiger partial charge in [0.15, 0.2) is 0 Å². The van der Waals surface area contributed by atoms with E-state index in [2.05, 4.69) is 13.0 Å². The average Bonchev–Trinajstić information content (AvgIpc) is 2.92. The lowest BCUT2D eigenvalue weighted by atomic mass is 9.68. The van der Waals surface area contributed by atoms with Crippen LogP contribution in [0.5, 0.6) is 0 Å². The summed E-state index contributed by atoms with van der Waals surface area (Å²) in [7, 11) is 0. The van der Waals surface area contributed by atoms with Crippen molar-refractivity contribution in [3.05, 3.63) is 47.5 Å². The molecule has 4 atom stereocenters. The molecule has 2 heteroatoms. The zero-order valence-electron chi connectivity index (χ0n) is 13.6. The highest BCUT2D eigenvalue weighted by Crippen LogP contribution is 2.61. The van der Waals surface area contributed by atoms with E-state index >= 15 is 0 Å². The molecule has 1 N–H and O–H groups in total. The molecule has 1 aromatic rings. The lowest BCUT2D eigenvalue weighted by Crippen LogP contribution is -2.51. The Bertz CT molecular complexity index is 591. The molecule has 0 radical (unpaired) electrons. The summed E-state index contributed by atoms with van der Waals surface area (Å²) in [5.41, 5.74) is 0.335. The van der Waals surface area contributed by atoms with Gasteiger partial charge in [-0.2, -0.15) is 0 Å². The molecule has 1 aromatic carbocycles. The minimum absolute atomic E-state index is 0.00118. The molecule has 0 unspecified atom stereocenters. The monoisotopic (exact) mass is 298 g/mol. The first-order valence-corrected chi connectivity index (χ1v) is 8.59. The van der Waals surface area contributed by atoms with Gasteiger partial charge in [0.05, 0.1) is 11.0 Å². The SMILES string of the molecule is CCCCCC[C@@H]1c2ccccc2[C@@]2(C=O)C=C[C@H](C)[C@@]12O. The Balaban J connectivity index is 2.00. The maximum atomic E-state index is 12.0. The molecular formula is C20H26O2. The molecule has 0 amide bonds. The fourth-order valence-corrected chi connectivity index (χ4v) is 4.63. The van der Waals surface area contributed by atoms with Crippen LogP contribution in [0.15, 0.2) is 36.4 Å². The number of aliphatic hydroxyl groups is 1. The summed E-state index contributed by atoms with van der Waals surface area (Å²) in [5.74, 6) is 0.0528. The largest absolute Gasteiger partial charge is 0.387 e. The lowest BCUT2D eigenvalue weighted by Gasteiger charge is -2.40. The molecule has 118 valence electrons. The normalized spacial score (nSPS) is 35.4. The number of carbonyl (C=O) groups is 1. The van der Waals surface area contributed by atoms with Crippen LogP contribution >= 0.6 is 0 Å². The third-order valence-corrected chi connectivity index (χ3v) is 5.85. The second kappa shape index (κ2) is 5.66. The van der Waals surface area contributed by atoms with Crippen LogP contribution in [0.4, 0.5) is 0 Å². The molecule has 0 aromatic heterocycles. The number of unbranched alkanes of at least 4 members (excludes halogenated alkanes) is 3. The third-order valence-electron chi connectivity index (χ3n) is 5.85. The van der Waals surface area contributed by atoms with Crippen LogP contribution in [0.1, 0.15) is 63.0 Å². The molecule has 0 spiro atoms. The second-order valence-corrected chi connectivity index (χ2v) is 6.95. The number of hydrogen-bond donors (Lipinski definition) is 1. The smallest absolute Gasteiger partial charge is 0.137 e. The molecule has 0 saturated carbocycles. The summed E-state index contributed by atoms with van der Waals surface area (Å²) in [6.45, 7) is 4.24. The van der Waals surface area contributed by atoms with E-state index in [0.717, 1.165) is 24.7 Å². The molecule has 0 bridgehead atoms. The van der Waals surface area contributed by atoms with E-state index in [0.29, 0.717) is 0 Å². The maximum absolute atomic E-state index is 12.0. The number of aldehydes is 1. The van der Waals surface area contributed by atoms with Crippen molar-refractivity contribution >= 4 is 6.29 Å². The molecule has 2 aliphatic carbocycles. The van der Waals surface area contributed by atoms with Crippen LogP contribution in [0.3, 0.4) is 0 Å². The summed E-state index contributed by atoms with van der Waals surface area (Å²) in [5, 5.41) is 11.6. The Hall–Kier alpha value is -1.41. The maximum Gasteiger partial charge on any atom is 0.137 e. The molecule has 2 aliphatic rings. The Morgan fingerprint density at radius 2 is 2.00 bits per heavy atom. The fraction of sp³-hybridized carbons (Fsp3) is 0.550. The van der Waals surface area contributed by atoms with Gasteiger partial charge in [0, 0.05) is 11.8 Å². The minimum Gasteiger partial charge on any atom is -0.387 e. The Morgan fingerprint density at radius 3 is 2.73 bits per heavy atom. The van der Waals surface area contributed by atoms with Crippen molar-refractivity contribution in [3.8, 4) is 0 Å². The number of rotatable bonds is 6. The predicted octanol–water partition coefficient (Wildman–Crippen LogP) is 4.13. The van der Waals surface area contributed by atoms with Crippen molar-refractivity contribution in [2.24, 2.45) is 5.92 Å². The highest BCUT2D eigenvalue weighted by Gasteiger charge is 2.65. The van der Waals surface area contributed by atoms with Crippen LogP contribution in [-0.4, -0.2) is 17.0 Å². The average molecular weight is 298 g/mol. The van der Waals surface area contributed by atoms with E-state index in [-0.39, 0.29) is 11.8 Å². The third kappa shape index (κ3) is 1.86. The van der Waals surface area contributed by atoms with Gasteiger partial charge in [0.2, 0.25) is 0 Å². The van der Waals surface area contributed by atoms with Gasteiger partial charge in [0.25, 0.3) is 0 Å². The van der Waals surface area contributed by atoms with Gasteiger partial charge < -0.3 is 9.90 Å². The molecular weight excluding hydrogens is 272 g/mol. The summed E-state index contributed by atoms with van der Waals surface area (Å²) < 4.78 is 0. The predicted molar refractivity (Wildman–Crippen MR) is 88.9 cm³/mol. The quantitative estimate of drug-likeness (QED) is 0.487. The van der Waals surface area contributed by atoms with Crippen molar-refractivity contribution in [1.82, 2.24) is 0 Å². The van der Waals surface area contributed by atoms with Crippen LogP contribution in [-0.2, 0) is 10.2 Å². The van der Waals surface area contributed by atoms with E-state index in [4.69, 9.17) is 0 Å². The molecule has 0 heterocycles. The summed E-state index contributed by atoms with van der Waals surface area (Å²) >= 11 is 0. The van der Waals surface area contributed by atoms with E-state index < -0.39 is 11.0 Å². The van der Waals surface area contributed by atoms with Crippen molar-refractivity contribution < 1.29 is 9.90 Å². The lowest BCUT2D eigenvalue weighted by molar-refractivity contribution is -0.122. The van der Waals surface area contributed by atoms with Crippen molar-refractivity contribution in [3.63, 3.8) is 0 Å². The molecule has 0 fully saturated rings. The Morgan fingerprint density at radius 1 is 1.23 bits per heavy atom. The van der Waals surface area contributed by atoms with Crippen LogP contribution < -0.4 is 0 Å². The molecule has 0 saturated heterocycles. The number of carbonyl (C=O) groups excluding carboxylic acids is 1. The van der Waals surface area contributed by atoms with E-state index in [9.17, 15) is 9.90 Å². The molecule has 3 rings (SSSR count). The zero-order chi connectivity index (χ0) is 15.8. The van der Waals surface area contributed by atoms with E-state index in [1.54, 1.807) is 0 Å². The summed E-state index contributed by atoms with van der Waals surface area (Å²) in [6.07, 6.45) is 10.6. The van der Waals surface area contributed by atoms with Gasteiger partial charge in [-0.1, -0.05) is 75.9 Å². The first-order chi connectivity index (χ1) is 10.6. The van der Waals surface area contributed by atoms with Gasteiger partial charge in [-0.25, -0.2) is 0 Å². The number of fused-ring (bicyclic) bond motifs is 3. The summed E-state index contributed by atoms with van der Waals surface area (Å²) in [4.78, 5) is 12.0. The molecule has 22 heavy (non-hydrogen) atoms. The minimum atomic E-state index is -0.995. The Kier molecular flexibility index (Phi) is 3.98. The second-order valence-electron chi connectivity index (χ2n) is 6.95. The van der Waals surface area contributed by atoms with Crippen molar-refractivity contribution in [1.29, 1.82) is 0 Å². The van der Waals surface area contributed by atoms with Crippen LogP contribution in [0.25, 0.3) is 0 Å². The van der Waals surface area contributed by atoms with Crippen LogP contribution in [0, 0.1) is 5.92 Å². The number of benzene rings is 1. The topological polar surface area (TPSA) is 37.3 Å². The van der Waals surface area contributed by atoms with Gasteiger partial charge in [-0.3, -0.25) is 0 Å². The number of hydrogen-bond acceptors (Lipinski definition) is 2. The van der Waals surface area contributed by atoms with Gasteiger partial charge in [0.1, 0.15) is 6.29 Å². The Labute approximate surface area is 133 Å². The first-order valence-electron chi connectivity index (χ1n) is 8.59. The highest BCUT2D eigenvalue weighted by atomic mass is 16.3. The first kappa shape index (κ1) is 15.5. The summed E-state index contributed by atoms with van der Waals surface area (Å²) in [6, 6.07) is 8.11. The highest BCUT2D eigenvalue weighted by molar-refractivity contribution is 5.81. The van der Waals surface area contributed by atoms with Gasteiger partial charge in [-0.15, -0.1) is 0 Å². The standard InChI is InChI=1S/C20H26O2/c1-3-4-5-6-11-18-16-9-7-8-10-17(16)19(14-21)13-12-15(2)20(18,19)22/h7-10,12-15,18,22H,3-6,11H2,1-2H3/t15-,18+,19-,20+/m0/s1. The zero-order valence-corrected chi connectivity index (χ0v) is 13.6. The molecule has 0 aliphatic heterocycles. The van der Waals surface area contributed by atoms with E-state index in [1.807, 2.05) is 37.3 Å². The molecule has 2 nitrogen and oxygen atoms in total.